The third-order valence-corrected chi connectivity index (χ3v) is 9.28. The average molecular weight is 761 g/mol. The van der Waals surface area contributed by atoms with Crippen LogP contribution in [0.3, 0.4) is 0 Å². The summed E-state index contributed by atoms with van der Waals surface area (Å²) in [5.74, 6) is -1.35. The predicted octanol–water partition coefficient (Wildman–Crippen LogP) is -7.24. The number of nitrogens with two attached hydrogens (primary N) is 2. The molecular weight excluding hydrogens is 741 g/mol. The first-order chi connectivity index (χ1) is 20.3. The summed E-state index contributed by atoms with van der Waals surface area (Å²) in [6, 6.07) is 8.88. The Hall–Kier alpha value is -1.10. The second-order valence-corrected chi connectivity index (χ2v) is 14.0. The minimum atomic E-state index is -5.34. The number of benzene rings is 3. The molecule has 19 nitrogen and oxygen atoms in total. The van der Waals surface area contributed by atoms with E-state index in [0.29, 0.717) is 6.07 Å². The molecule has 4 N–H and O–H groups in total. The SMILES string of the molecule is COc1cccc(N=Nc2c(N)c(N=Nc3ccccc3S(=O)(=O)CCOS(=O)(=O)[O-])cc(S(=O)(=O)[O-])c2N)c1S(=O)(=O)[O-].[Na+].[Na+].[Na+]. The van der Waals surface area contributed by atoms with Gasteiger partial charge in [0.25, 0.3) is 0 Å². The number of rotatable bonds is 12. The first kappa shape index (κ1) is 45.9. The predicted molar refractivity (Wildman–Crippen MR) is 147 cm³/mol. The standard InChI is InChI=1S/C21H22N6O13S4.3Na/c1-39-15-7-4-6-13(21(15)43(33,34)35)25-27-20-18(22)14(11-17(19(20)23)42(30,31)32)26-24-12-5-2-3-8-16(12)41(28,29)10-9-40-44(36,37)38;;;/h2-8,11H,9-10,22-23H2,1H3,(H,30,31,32)(H,33,34,35)(H,36,37,38);;;/q;3*+1/p-3. The molecule has 0 aliphatic rings. The van der Waals surface area contributed by atoms with Crippen LogP contribution in [-0.2, 0) is 44.7 Å². The van der Waals surface area contributed by atoms with Crippen LogP contribution in [0.25, 0.3) is 0 Å². The zero-order valence-electron chi connectivity index (χ0n) is 24.9. The van der Waals surface area contributed by atoms with E-state index in [-0.39, 0.29) is 94.4 Å². The van der Waals surface area contributed by atoms with Crippen molar-refractivity contribution in [3.05, 3.63) is 48.5 Å². The molecule has 26 heteroatoms. The molecule has 0 aliphatic carbocycles. The van der Waals surface area contributed by atoms with E-state index < -0.39 is 102 Å². The quantitative estimate of drug-likeness (QED) is 0.0569. The maximum absolute atomic E-state index is 12.7. The van der Waals surface area contributed by atoms with Crippen molar-refractivity contribution in [1.29, 1.82) is 0 Å². The van der Waals surface area contributed by atoms with Gasteiger partial charge < -0.3 is 29.9 Å². The molecular formula is C21H19N6Na3O13S4. The first-order valence-corrected chi connectivity index (χ1v) is 17.1. The number of ether oxygens (including phenoxy) is 1. The summed E-state index contributed by atoms with van der Waals surface area (Å²) in [6.07, 6.45) is 0. The number of anilines is 2. The topological polar surface area (TPSA) is 326 Å². The Balaban J connectivity index is 0.00000705. The molecule has 0 amide bonds. The minimum absolute atomic E-state index is 0. The van der Waals surface area contributed by atoms with E-state index in [9.17, 15) is 47.3 Å². The molecule has 0 atom stereocenters. The second-order valence-electron chi connectivity index (χ2n) is 8.20. The van der Waals surface area contributed by atoms with Crippen LogP contribution in [0.4, 0.5) is 34.1 Å². The van der Waals surface area contributed by atoms with E-state index >= 15 is 0 Å². The summed E-state index contributed by atoms with van der Waals surface area (Å²) in [4.78, 5) is -2.54. The molecule has 0 unspecified atom stereocenters. The Labute approximate surface area is 335 Å². The summed E-state index contributed by atoms with van der Waals surface area (Å²) in [6.45, 7) is -1.01. The van der Waals surface area contributed by atoms with Gasteiger partial charge in [0.15, 0.2) is 9.84 Å². The van der Waals surface area contributed by atoms with Crippen molar-refractivity contribution in [3.8, 4) is 5.75 Å². The summed E-state index contributed by atoms with van der Waals surface area (Å²) < 4.78 is 137. The Morgan fingerprint density at radius 3 is 1.79 bits per heavy atom. The monoisotopic (exact) mass is 760 g/mol. The maximum atomic E-state index is 12.7. The first-order valence-electron chi connectivity index (χ1n) is 11.3. The average Bonchev–Trinajstić information content (AvgIpc) is 2.90. The van der Waals surface area contributed by atoms with Gasteiger partial charge in [-0.25, -0.2) is 33.7 Å². The van der Waals surface area contributed by atoms with Crippen LogP contribution in [0.2, 0.25) is 0 Å². The number of azo groups is 2. The van der Waals surface area contributed by atoms with Gasteiger partial charge in [-0.2, -0.15) is 0 Å². The fourth-order valence-electron chi connectivity index (χ4n) is 3.43. The van der Waals surface area contributed by atoms with Crippen molar-refractivity contribution in [2.75, 3.05) is 30.9 Å². The zero-order valence-corrected chi connectivity index (χ0v) is 34.2. The van der Waals surface area contributed by atoms with Gasteiger partial charge in [0, 0.05) is 0 Å². The molecule has 0 heterocycles. The maximum Gasteiger partial charge on any atom is 1.00 e. The van der Waals surface area contributed by atoms with Gasteiger partial charge in [0.1, 0.15) is 53.6 Å². The van der Waals surface area contributed by atoms with E-state index in [1.807, 2.05) is 0 Å². The molecule has 3 aromatic carbocycles. The summed E-state index contributed by atoms with van der Waals surface area (Å²) in [7, 11) is -19.0. The van der Waals surface area contributed by atoms with E-state index in [2.05, 4.69) is 24.6 Å². The fourth-order valence-corrected chi connectivity index (χ4v) is 6.44. The largest absolute Gasteiger partial charge is 1.00 e. The second kappa shape index (κ2) is 18.2. The molecule has 0 saturated carbocycles. The van der Waals surface area contributed by atoms with Crippen molar-refractivity contribution in [2.45, 2.75) is 14.7 Å². The van der Waals surface area contributed by atoms with Crippen molar-refractivity contribution in [1.82, 2.24) is 0 Å². The fraction of sp³-hybridized carbons (Fsp3) is 0.143. The smallest absolute Gasteiger partial charge is 0.744 e. The van der Waals surface area contributed by atoms with Crippen LogP contribution in [0.15, 0.2) is 83.7 Å². The molecule has 0 spiro atoms. The number of methoxy groups -OCH3 is 1. The molecule has 238 valence electrons. The van der Waals surface area contributed by atoms with Gasteiger partial charge >= 0.3 is 88.7 Å². The Morgan fingerprint density at radius 1 is 0.681 bits per heavy atom. The van der Waals surface area contributed by atoms with Gasteiger partial charge in [-0.15, -0.1) is 20.5 Å². The molecule has 3 aromatic rings. The molecule has 0 aromatic heterocycles. The summed E-state index contributed by atoms with van der Waals surface area (Å²) in [5, 5.41) is 14.7. The summed E-state index contributed by atoms with van der Waals surface area (Å²) >= 11 is 0. The molecule has 0 aliphatic heterocycles. The van der Waals surface area contributed by atoms with Crippen LogP contribution in [0.1, 0.15) is 0 Å². The Kier molecular flexibility index (Phi) is 17.8. The Bertz CT molecular complexity index is 2120. The van der Waals surface area contributed by atoms with Gasteiger partial charge in [0.2, 0.25) is 10.4 Å². The summed E-state index contributed by atoms with van der Waals surface area (Å²) in [5.41, 5.74) is 8.21. The zero-order chi connectivity index (χ0) is 33.1. The van der Waals surface area contributed by atoms with Crippen LogP contribution in [-0.4, -0.2) is 66.8 Å². The van der Waals surface area contributed by atoms with Crippen LogP contribution in [0, 0.1) is 0 Å². The number of sulfone groups is 1. The van der Waals surface area contributed by atoms with Gasteiger partial charge in [-0.1, -0.05) is 18.2 Å². The number of hydrogen-bond donors (Lipinski definition) is 2. The number of nitrogen functional groups attached to an aromatic ring is 2. The van der Waals surface area contributed by atoms with Gasteiger partial charge in [-0.05, 0) is 30.3 Å². The normalized spacial score (nSPS) is 12.3. The molecule has 0 fully saturated rings. The van der Waals surface area contributed by atoms with Gasteiger partial charge in [-0.3, -0.25) is 4.18 Å². The molecule has 0 radical (unpaired) electrons. The van der Waals surface area contributed by atoms with Crippen LogP contribution in [0.5, 0.6) is 5.75 Å². The number of hydrogen-bond acceptors (Lipinski definition) is 19. The van der Waals surface area contributed by atoms with Crippen LogP contribution >= 0.6 is 0 Å². The van der Waals surface area contributed by atoms with E-state index in [0.717, 1.165) is 31.4 Å². The van der Waals surface area contributed by atoms with Gasteiger partial charge in [0.05, 0.1) is 40.6 Å². The third kappa shape index (κ3) is 12.3. The molecule has 0 bridgehead atoms. The van der Waals surface area contributed by atoms with Crippen molar-refractivity contribution in [2.24, 2.45) is 20.5 Å². The van der Waals surface area contributed by atoms with Crippen molar-refractivity contribution >= 4 is 74.6 Å². The van der Waals surface area contributed by atoms with E-state index in [1.165, 1.54) is 18.2 Å². The molecule has 47 heavy (non-hydrogen) atoms. The Morgan fingerprint density at radius 2 is 1.23 bits per heavy atom. The number of nitrogens with zero attached hydrogens (tertiary/aromatic N) is 4. The van der Waals surface area contributed by atoms with Crippen molar-refractivity contribution < 1.29 is 145 Å². The van der Waals surface area contributed by atoms with Crippen molar-refractivity contribution in [3.63, 3.8) is 0 Å². The van der Waals surface area contributed by atoms with Crippen LogP contribution < -0.4 is 105 Å². The third-order valence-electron chi connectivity index (χ3n) is 5.32. The van der Waals surface area contributed by atoms with E-state index in [4.69, 9.17) is 16.2 Å². The minimum Gasteiger partial charge on any atom is -0.744 e. The van der Waals surface area contributed by atoms with E-state index in [1.54, 1.807) is 0 Å². The molecule has 3 rings (SSSR count). The molecule has 0 saturated heterocycles.